The molecule has 0 aliphatic carbocycles. The molecule has 122 valence electrons. The van der Waals surface area contributed by atoms with E-state index in [0.29, 0.717) is 0 Å². The number of piperidine rings is 1. The van der Waals surface area contributed by atoms with Gasteiger partial charge in [-0.05, 0) is 57.3 Å². The fourth-order valence-corrected chi connectivity index (χ4v) is 2.99. The molecule has 0 aromatic heterocycles. The molecule has 0 spiro atoms. The molecule has 1 amide bonds. The first-order valence-corrected chi connectivity index (χ1v) is 8.36. The Labute approximate surface area is 133 Å². The summed E-state index contributed by atoms with van der Waals surface area (Å²) in [5.74, 6) is 0. The summed E-state index contributed by atoms with van der Waals surface area (Å²) < 4.78 is 5.62. The molecule has 1 atom stereocenters. The van der Waals surface area contributed by atoms with E-state index in [-0.39, 0.29) is 12.2 Å². The van der Waals surface area contributed by atoms with Crippen molar-refractivity contribution >= 4 is 11.8 Å². The van der Waals surface area contributed by atoms with Gasteiger partial charge in [-0.15, -0.1) is 0 Å². The zero-order valence-electron chi connectivity index (χ0n) is 14.0. The monoisotopic (exact) mass is 304 g/mol. The third-order valence-electron chi connectivity index (χ3n) is 4.27. The molecule has 4 nitrogen and oxygen atoms in total. The van der Waals surface area contributed by atoms with Gasteiger partial charge in [0.25, 0.3) is 0 Å². The van der Waals surface area contributed by atoms with Crippen molar-refractivity contribution in [2.75, 3.05) is 25.0 Å². The highest BCUT2D eigenvalue weighted by Gasteiger charge is 2.23. The predicted molar refractivity (Wildman–Crippen MR) is 90.4 cm³/mol. The number of nitrogens with one attached hydrogen (secondary N) is 1. The Kier molecular flexibility index (Phi) is 6.25. The van der Waals surface area contributed by atoms with Gasteiger partial charge in [0.15, 0.2) is 0 Å². The predicted octanol–water partition coefficient (Wildman–Crippen LogP) is 4.12. The first-order valence-electron chi connectivity index (χ1n) is 8.36. The van der Waals surface area contributed by atoms with Gasteiger partial charge in [-0.25, -0.2) is 4.79 Å². The maximum Gasteiger partial charge on any atom is 0.411 e. The van der Waals surface area contributed by atoms with Crippen LogP contribution in [0.2, 0.25) is 0 Å². The molecule has 4 heteroatoms. The van der Waals surface area contributed by atoms with Crippen LogP contribution in [-0.2, 0) is 4.74 Å². The lowest BCUT2D eigenvalue weighted by Crippen LogP contribution is -2.41. The number of hydrogen-bond acceptors (Lipinski definition) is 3. The van der Waals surface area contributed by atoms with Crippen molar-refractivity contribution in [2.24, 2.45) is 0 Å². The van der Waals surface area contributed by atoms with E-state index in [1.807, 2.05) is 32.0 Å². The molecule has 1 aliphatic rings. The minimum absolute atomic E-state index is 0.00920. The first kappa shape index (κ1) is 16.8. The molecular formula is C18H28N2O2. The van der Waals surface area contributed by atoms with Gasteiger partial charge in [0, 0.05) is 12.2 Å². The summed E-state index contributed by atoms with van der Waals surface area (Å²) in [7, 11) is 0. The summed E-state index contributed by atoms with van der Waals surface area (Å²) in [6.07, 6.45) is 4.15. The second-order valence-corrected chi connectivity index (χ2v) is 6.22. The van der Waals surface area contributed by atoms with Crippen molar-refractivity contribution in [2.45, 2.75) is 52.6 Å². The van der Waals surface area contributed by atoms with Crippen LogP contribution in [0.1, 0.15) is 43.7 Å². The molecule has 1 N–H and O–H groups in total. The highest BCUT2D eigenvalue weighted by molar-refractivity contribution is 5.86. The molecule has 1 aliphatic heterocycles. The maximum absolute atomic E-state index is 12.2. The Morgan fingerprint density at radius 1 is 1.36 bits per heavy atom. The van der Waals surface area contributed by atoms with Gasteiger partial charge in [-0.3, -0.25) is 10.2 Å². The molecule has 0 bridgehead atoms. The van der Waals surface area contributed by atoms with Crippen molar-refractivity contribution in [3.05, 3.63) is 29.3 Å². The van der Waals surface area contributed by atoms with E-state index in [4.69, 9.17) is 4.74 Å². The number of ether oxygens (including phenoxy) is 1. The summed E-state index contributed by atoms with van der Waals surface area (Å²) >= 11 is 0. The summed E-state index contributed by atoms with van der Waals surface area (Å²) in [4.78, 5) is 14.6. The first-order chi connectivity index (χ1) is 10.6. The number of likely N-dealkylation sites (tertiary alicyclic amines) is 1. The number of unbranched alkanes of at least 4 members (excludes halogenated alkanes) is 1. The standard InChI is InChI=1S/C18H28N2O2/c1-4-5-11-20-12-7-10-16(13-20)22-18(21)19-17-14(2)8-6-9-15(17)3/h6,8-9,16H,4-5,7,10-13H2,1-3H3,(H,19,21)/t16-/m1/s1. The SMILES string of the molecule is CCCCN1CCC[C@@H](OC(=O)Nc2c(C)cccc2C)C1. The van der Waals surface area contributed by atoms with Gasteiger partial charge >= 0.3 is 6.09 Å². The quantitative estimate of drug-likeness (QED) is 0.890. The zero-order chi connectivity index (χ0) is 15.9. The third-order valence-corrected chi connectivity index (χ3v) is 4.27. The summed E-state index contributed by atoms with van der Waals surface area (Å²) in [6.45, 7) is 9.29. The molecule has 0 saturated carbocycles. The van der Waals surface area contributed by atoms with E-state index in [9.17, 15) is 4.79 Å². The van der Waals surface area contributed by atoms with Crippen LogP contribution in [-0.4, -0.2) is 36.7 Å². The molecular weight excluding hydrogens is 276 g/mol. The van der Waals surface area contributed by atoms with Crippen molar-refractivity contribution in [1.82, 2.24) is 4.90 Å². The number of carbonyl (C=O) groups is 1. The molecule has 1 aromatic carbocycles. The van der Waals surface area contributed by atoms with Crippen LogP contribution in [0.15, 0.2) is 18.2 Å². The van der Waals surface area contributed by atoms with Gasteiger partial charge in [0.05, 0.1) is 0 Å². The number of rotatable bonds is 5. The smallest absolute Gasteiger partial charge is 0.411 e. The van der Waals surface area contributed by atoms with Crippen molar-refractivity contribution in [3.63, 3.8) is 0 Å². The molecule has 1 aromatic rings. The minimum atomic E-state index is -0.334. The minimum Gasteiger partial charge on any atom is -0.445 e. The van der Waals surface area contributed by atoms with E-state index < -0.39 is 0 Å². The Hall–Kier alpha value is -1.55. The van der Waals surface area contributed by atoms with Crippen LogP contribution < -0.4 is 5.32 Å². The van der Waals surface area contributed by atoms with Crippen LogP contribution in [0, 0.1) is 13.8 Å². The normalized spacial score (nSPS) is 19.0. The van der Waals surface area contributed by atoms with Gasteiger partial charge in [0.2, 0.25) is 0 Å². The average molecular weight is 304 g/mol. The van der Waals surface area contributed by atoms with Gasteiger partial charge < -0.3 is 4.74 Å². The Morgan fingerprint density at radius 3 is 2.77 bits per heavy atom. The van der Waals surface area contributed by atoms with Crippen LogP contribution >= 0.6 is 0 Å². The molecule has 2 rings (SSSR count). The molecule has 1 heterocycles. The number of aryl methyl sites for hydroxylation is 2. The molecule has 0 unspecified atom stereocenters. The lowest BCUT2D eigenvalue weighted by Gasteiger charge is -2.32. The Bertz CT molecular complexity index is 482. The van der Waals surface area contributed by atoms with Crippen LogP contribution in [0.3, 0.4) is 0 Å². The van der Waals surface area contributed by atoms with E-state index in [0.717, 1.165) is 49.3 Å². The van der Waals surface area contributed by atoms with E-state index >= 15 is 0 Å². The molecule has 22 heavy (non-hydrogen) atoms. The van der Waals surface area contributed by atoms with Gasteiger partial charge in [0.1, 0.15) is 6.10 Å². The number of amides is 1. The van der Waals surface area contributed by atoms with Crippen LogP contribution in [0.4, 0.5) is 10.5 Å². The highest BCUT2D eigenvalue weighted by Crippen LogP contribution is 2.20. The Balaban J connectivity index is 1.86. The van der Waals surface area contributed by atoms with Crippen LogP contribution in [0.5, 0.6) is 0 Å². The Morgan fingerprint density at radius 2 is 2.09 bits per heavy atom. The lowest BCUT2D eigenvalue weighted by atomic mass is 10.1. The van der Waals surface area contributed by atoms with Crippen molar-refractivity contribution in [3.8, 4) is 0 Å². The van der Waals surface area contributed by atoms with Crippen LogP contribution in [0.25, 0.3) is 0 Å². The molecule has 1 saturated heterocycles. The lowest BCUT2D eigenvalue weighted by molar-refractivity contribution is 0.0495. The second kappa shape index (κ2) is 8.18. The van der Waals surface area contributed by atoms with Gasteiger partial charge in [-0.2, -0.15) is 0 Å². The number of carbonyl (C=O) groups excluding carboxylic acids is 1. The fourth-order valence-electron chi connectivity index (χ4n) is 2.99. The van der Waals surface area contributed by atoms with Gasteiger partial charge in [-0.1, -0.05) is 31.5 Å². The fraction of sp³-hybridized carbons (Fsp3) is 0.611. The van der Waals surface area contributed by atoms with E-state index in [2.05, 4.69) is 17.1 Å². The van der Waals surface area contributed by atoms with Crippen molar-refractivity contribution in [1.29, 1.82) is 0 Å². The molecule has 1 fully saturated rings. The number of hydrogen-bond donors (Lipinski definition) is 1. The summed E-state index contributed by atoms with van der Waals surface area (Å²) in [5, 5.41) is 2.90. The van der Waals surface area contributed by atoms with E-state index in [1.165, 1.54) is 12.8 Å². The van der Waals surface area contributed by atoms with Crippen molar-refractivity contribution < 1.29 is 9.53 Å². The number of anilines is 1. The number of nitrogens with zero attached hydrogens (tertiary/aromatic N) is 1. The average Bonchev–Trinajstić information content (AvgIpc) is 2.49. The highest BCUT2D eigenvalue weighted by atomic mass is 16.6. The molecule has 0 radical (unpaired) electrons. The largest absolute Gasteiger partial charge is 0.445 e. The number of para-hydroxylation sites is 1. The second-order valence-electron chi connectivity index (χ2n) is 6.22. The zero-order valence-corrected chi connectivity index (χ0v) is 14.0. The van der Waals surface area contributed by atoms with E-state index in [1.54, 1.807) is 0 Å². The summed E-state index contributed by atoms with van der Waals surface area (Å²) in [5.41, 5.74) is 2.99. The number of benzene rings is 1. The topological polar surface area (TPSA) is 41.6 Å². The third kappa shape index (κ3) is 4.73. The summed E-state index contributed by atoms with van der Waals surface area (Å²) in [6, 6.07) is 5.99. The maximum atomic E-state index is 12.2.